The van der Waals surface area contributed by atoms with Gasteiger partial charge in [-0.25, -0.2) is 4.98 Å². The molecule has 0 atom stereocenters. The van der Waals surface area contributed by atoms with Gasteiger partial charge in [0.2, 0.25) is 0 Å². The van der Waals surface area contributed by atoms with Gasteiger partial charge in [0.15, 0.2) is 0 Å². The molecule has 0 saturated carbocycles. The molecule has 0 amide bonds. The molecule has 0 N–H and O–H groups in total. The Balaban J connectivity index is 1.75. The highest BCUT2D eigenvalue weighted by atomic mass is 79.9. The highest BCUT2D eigenvalue weighted by Gasteiger charge is 2.12. The molecule has 5 nitrogen and oxygen atoms in total. The van der Waals surface area contributed by atoms with Gasteiger partial charge in [-0.15, -0.1) is 0 Å². The van der Waals surface area contributed by atoms with Crippen LogP contribution in [0.5, 0.6) is 5.75 Å². The molecule has 0 aliphatic heterocycles. The summed E-state index contributed by atoms with van der Waals surface area (Å²) in [6.07, 6.45) is 2.12. The molecule has 162 valence electrons. The van der Waals surface area contributed by atoms with Crippen molar-refractivity contribution in [1.29, 1.82) is 0 Å². The molecule has 0 aliphatic carbocycles. The molecule has 8 heteroatoms. The predicted octanol–water partition coefficient (Wildman–Crippen LogP) is 6.60. The molecule has 4 rings (SSSR count). The van der Waals surface area contributed by atoms with Gasteiger partial charge in [-0.2, -0.15) is 9.78 Å². The third-order valence-corrected chi connectivity index (χ3v) is 6.07. The fourth-order valence-electron chi connectivity index (χ4n) is 3.22. The number of fused-ring (bicyclic) bond motifs is 1. The molecule has 0 bridgehead atoms. The number of rotatable bonds is 6. The van der Waals surface area contributed by atoms with Crippen molar-refractivity contribution in [3.8, 4) is 5.75 Å². The van der Waals surface area contributed by atoms with E-state index in [1.807, 2.05) is 49.4 Å². The molecule has 0 radical (unpaired) electrons. The first kappa shape index (κ1) is 22.7. The van der Waals surface area contributed by atoms with Crippen LogP contribution < -0.4 is 10.3 Å². The van der Waals surface area contributed by atoms with E-state index < -0.39 is 0 Å². The van der Waals surface area contributed by atoms with Gasteiger partial charge in [-0.1, -0.05) is 64.8 Å². The van der Waals surface area contributed by atoms with Crippen molar-refractivity contribution in [2.75, 3.05) is 0 Å². The lowest BCUT2D eigenvalue weighted by atomic mass is 10.2. The average molecular weight is 576 g/mol. The van der Waals surface area contributed by atoms with Crippen molar-refractivity contribution in [2.45, 2.75) is 20.0 Å². The number of ether oxygens (including phenoxy) is 1. The number of halogens is 3. The van der Waals surface area contributed by atoms with Gasteiger partial charge in [-0.05, 0) is 51.8 Å². The number of aromatic nitrogens is 2. The molecule has 32 heavy (non-hydrogen) atoms. The topological polar surface area (TPSA) is 56.5 Å². The standard InChI is InChI=1S/C24H18Br2ClN3O2/c1-2-22-29-21-9-8-17(25)11-19(21)24(31)30(22)28-13-16-10-18(27)12-20(26)23(16)32-14-15-6-4-3-5-7-15/h3-13H,2,14H2,1H3. The maximum atomic E-state index is 13.1. The van der Waals surface area contributed by atoms with Crippen LogP contribution in [-0.2, 0) is 13.0 Å². The van der Waals surface area contributed by atoms with Crippen LogP contribution in [-0.4, -0.2) is 15.9 Å². The van der Waals surface area contributed by atoms with Crippen LogP contribution in [0.1, 0.15) is 23.9 Å². The normalized spacial score (nSPS) is 11.4. The highest BCUT2D eigenvalue weighted by molar-refractivity contribution is 9.10. The molecular weight excluding hydrogens is 558 g/mol. The van der Waals surface area contributed by atoms with Crippen LogP contribution >= 0.6 is 43.5 Å². The predicted molar refractivity (Wildman–Crippen MR) is 136 cm³/mol. The zero-order valence-electron chi connectivity index (χ0n) is 17.1. The van der Waals surface area contributed by atoms with E-state index in [2.05, 4.69) is 41.9 Å². The molecule has 0 fully saturated rings. The minimum absolute atomic E-state index is 0.239. The van der Waals surface area contributed by atoms with Crippen molar-refractivity contribution >= 4 is 60.6 Å². The van der Waals surface area contributed by atoms with Crippen LogP contribution in [0.3, 0.4) is 0 Å². The van der Waals surface area contributed by atoms with E-state index in [1.165, 1.54) is 4.68 Å². The maximum Gasteiger partial charge on any atom is 0.282 e. The van der Waals surface area contributed by atoms with E-state index in [-0.39, 0.29) is 5.56 Å². The largest absolute Gasteiger partial charge is 0.487 e. The van der Waals surface area contributed by atoms with Crippen LogP contribution in [0.25, 0.3) is 10.9 Å². The molecule has 3 aromatic carbocycles. The van der Waals surface area contributed by atoms with E-state index in [4.69, 9.17) is 16.3 Å². The van der Waals surface area contributed by atoms with E-state index in [0.717, 1.165) is 10.0 Å². The Morgan fingerprint density at radius 1 is 1.12 bits per heavy atom. The van der Waals surface area contributed by atoms with Gasteiger partial charge in [-0.3, -0.25) is 4.79 Å². The molecular formula is C24H18Br2ClN3O2. The third-order valence-electron chi connectivity index (χ3n) is 4.77. The van der Waals surface area contributed by atoms with E-state index in [9.17, 15) is 4.79 Å². The Kier molecular flexibility index (Phi) is 7.08. The minimum atomic E-state index is -0.239. The smallest absolute Gasteiger partial charge is 0.282 e. The van der Waals surface area contributed by atoms with Crippen LogP contribution in [0, 0.1) is 0 Å². The Morgan fingerprint density at radius 3 is 2.66 bits per heavy atom. The van der Waals surface area contributed by atoms with Gasteiger partial charge in [0.25, 0.3) is 5.56 Å². The summed E-state index contributed by atoms with van der Waals surface area (Å²) in [7, 11) is 0. The fourth-order valence-corrected chi connectivity index (χ4v) is 4.53. The number of benzene rings is 3. The van der Waals surface area contributed by atoms with Crippen molar-refractivity contribution in [3.63, 3.8) is 0 Å². The molecule has 1 aromatic heterocycles. The molecule has 0 unspecified atom stereocenters. The lowest BCUT2D eigenvalue weighted by Gasteiger charge is -2.12. The summed E-state index contributed by atoms with van der Waals surface area (Å²) in [6.45, 7) is 2.32. The average Bonchev–Trinajstić information content (AvgIpc) is 2.78. The van der Waals surface area contributed by atoms with Crippen molar-refractivity contribution in [3.05, 3.63) is 102 Å². The monoisotopic (exact) mass is 573 g/mol. The summed E-state index contributed by atoms with van der Waals surface area (Å²) in [5.74, 6) is 1.15. The third kappa shape index (κ3) is 4.95. The molecule has 0 saturated heterocycles. The number of nitrogens with zero attached hydrogens (tertiary/aromatic N) is 3. The Labute approximate surface area is 207 Å². The molecule has 1 heterocycles. The SMILES string of the molecule is CCc1nc2ccc(Br)cc2c(=O)n1N=Cc1cc(Cl)cc(Br)c1OCc1ccccc1. The quantitative estimate of drug-likeness (QED) is 0.244. The first-order valence-electron chi connectivity index (χ1n) is 9.87. The van der Waals surface area contributed by atoms with Crippen LogP contribution in [0.2, 0.25) is 5.02 Å². The van der Waals surface area contributed by atoms with E-state index in [0.29, 0.717) is 50.6 Å². The zero-order chi connectivity index (χ0) is 22.7. The number of aryl methyl sites for hydroxylation is 1. The van der Waals surface area contributed by atoms with Gasteiger partial charge >= 0.3 is 0 Å². The summed E-state index contributed by atoms with van der Waals surface area (Å²) < 4.78 is 8.89. The second-order valence-corrected chi connectivity index (χ2v) is 9.19. The molecule has 0 spiro atoms. The minimum Gasteiger partial charge on any atom is -0.487 e. The van der Waals surface area contributed by atoms with E-state index in [1.54, 1.807) is 24.4 Å². The highest BCUT2D eigenvalue weighted by Crippen LogP contribution is 2.32. The maximum absolute atomic E-state index is 13.1. The van der Waals surface area contributed by atoms with Crippen LogP contribution in [0.15, 0.2) is 79.5 Å². The molecule has 0 aliphatic rings. The van der Waals surface area contributed by atoms with Crippen LogP contribution in [0.4, 0.5) is 0 Å². The zero-order valence-corrected chi connectivity index (χ0v) is 21.0. The van der Waals surface area contributed by atoms with E-state index >= 15 is 0 Å². The summed E-state index contributed by atoms with van der Waals surface area (Å²) >= 11 is 13.2. The second kappa shape index (κ2) is 9.98. The Hall–Kier alpha value is -2.48. The van der Waals surface area contributed by atoms with Crippen molar-refractivity contribution < 1.29 is 4.74 Å². The van der Waals surface area contributed by atoms with Gasteiger partial charge in [0.05, 0.1) is 21.6 Å². The Bertz CT molecular complexity index is 1370. The summed E-state index contributed by atoms with van der Waals surface area (Å²) in [6, 6.07) is 18.8. The number of hydrogen-bond donors (Lipinski definition) is 0. The summed E-state index contributed by atoms with van der Waals surface area (Å²) in [4.78, 5) is 17.7. The lowest BCUT2D eigenvalue weighted by molar-refractivity contribution is 0.304. The molecule has 4 aromatic rings. The fraction of sp³-hybridized carbons (Fsp3) is 0.125. The lowest BCUT2D eigenvalue weighted by Crippen LogP contribution is -2.22. The summed E-state index contributed by atoms with van der Waals surface area (Å²) in [5.41, 5.74) is 2.07. The Morgan fingerprint density at radius 2 is 1.91 bits per heavy atom. The van der Waals surface area contributed by atoms with Crippen molar-refractivity contribution in [1.82, 2.24) is 9.66 Å². The first-order valence-corrected chi connectivity index (χ1v) is 11.8. The second-order valence-electron chi connectivity index (χ2n) is 6.98. The van der Waals surface area contributed by atoms with Crippen molar-refractivity contribution in [2.24, 2.45) is 5.10 Å². The summed E-state index contributed by atoms with van der Waals surface area (Å²) in [5, 5.41) is 5.48. The first-order chi connectivity index (χ1) is 15.5. The van der Waals surface area contributed by atoms with Gasteiger partial charge < -0.3 is 4.74 Å². The number of hydrogen-bond acceptors (Lipinski definition) is 4. The van der Waals surface area contributed by atoms with Gasteiger partial charge in [0, 0.05) is 21.5 Å². The van der Waals surface area contributed by atoms with Gasteiger partial charge in [0.1, 0.15) is 18.2 Å².